The van der Waals surface area contributed by atoms with Crippen LogP contribution in [0, 0.1) is 13.8 Å². The first-order valence-electron chi connectivity index (χ1n) is 7.69. The maximum Gasteiger partial charge on any atom is 0.257 e. The van der Waals surface area contributed by atoms with Crippen LogP contribution in [-0.2, 0) is 11.2 Å². The summed E-state index contributed by atoms with van der Waals surface area (Å²) in [5, 5.41) is 2.87. The predicted molar refractivity (Wildman–Crippen MR) is 91.1 cm³/mol. The van der Waals surface area contributed by atoms with Crippen LogP contribution in [0.1, 0.15) is 16.7 Å². The van der Waals surface area contributed by atoms with Crippen LogP contribution in [0.25, 0.3) is 0 Å². The number of amides is 1. The zero-order valence-corrected chi connectivity index (χ0v) is 13.9. The third-order valence-electron chi connectivity index (χ3n) is 3.67. The molecule has 0 heterocycles. The molecule has 0 atom stereocenters. The van der Waals surface area contributed by atoms with Crippen molar-refractivity contribution >= 4 is 5.91 Å². The van der Waals surface area contributed by atoms with Crippen molar-refractivity contribution in [3.05, 3.63) is 59.2 Å². The van der Waals surface area contributed by atoms with Crippen LogP contribution in [0.2, 0.25) is 0 Å². The van der Waals surface area contributed by atoms with Gasteiger partial charge in [-0.15, -0.1) is 0 Å². The molecule has 1 N–H and O–H groups in total. The Labute approximate surface area is 137 Å². The van der Waals surface area contributed by atoms with Crippen molar-refractivity contribution in [3.63, 3.8) is 0 Å². The Kier molecular flexibility index (Phi) is 6.03. The molecule has 1 amide bonds. The molecule has 2 rings (SSSR count). The number of ether oxygens (including phenoxy) is 2. The summed E-state index contributed by atoms with van der Waals surface area (Å²) in [7, 11) is 1.65. The van der Waals surface area contributed by atoms with Gasteiger partial charge in [0.2, 0.25) is 0 Å². The van der Waals surface area contributed by atoms with E-state index in [9.17, 15) is 4.79 Å². The van der Waals surface area contributed by atoms with Crippen molar-refractivity contribution in [2.75, 3.05) is 20.3 Å². The number of nitrogens with one attached hydrogen (secondary N) is 1. The molecule has 0 aromatic heterocycles. The first-order chi connectivity index (χ1) is 11.1. The molecular weight excluding hydrogens is 290 g/mol. The van der Waals surface area contributed by atoms with Crippen LogP contribution < -0.4 is 14.8 Å². The lowest BCUT2D eigenvalue weighted by atomic mass is 10.1. The fraction of sp³-hybridized carbons (Fsp3) is 0.316. The SMILES string of the molecule is COc1ccccc1CCNC(=O)COc1c(C)cccc1C. The molecule has 0 saturated heterocycles. The van der Waals surface area contributed by atoms with E-state index in [1.54, 1.807) is 7.11 Å². The summed E-state index contributed by atoms with van der Waals surface area (Å²) in [4.78, 5) is 11.9. The van der Waals surface area contributed by atoms with E-state index >= 15 is 0 Å². The van der Waals surface area contributed by atoms with E-state index in [2.05, 4.69) is 5.32 Å². The standard InChI is InChI=1S/C19H23NO3/c1-14-7-6-8-15(2)19(14)23-13-18(21)20-12-11-16-9-4-5-10-17(16)22-3/h4-10H,11-13H2,1-3H3,(H,20,21). The zero-order chi connectivity index (χ0) is 16.7. The molecule has 0 unspecified atom stereocenters. The second-order valence-corrected chi connectivity index (χ2v) is 5.42. The largest absolute Gasteiger partial charge is 0.496 e. The van der Waals surface area contributed by atoms with E-state index < -0.39 is 0 Å². The van der Waals surface area contributed by atoms with Crippen LogP contribution in [0.3, 0.4) is 0 Å². The van der Waals surface area contributed by atoms with Crippen LogP contribution in [0.15, 0.2) is 42.5 Å². The molecule has 0 spiro atoms. The lowest BCUT2D eigenvalue weighted by molar-refractivity contribution is -0.123. The lowest BCUT2D eigenvalue weighted by Crippen LogP contribution is -2.30. The fourth-order valence-corrected chi connectivity index (χ4v) is 2.46. The summed E-state index contributed by atoms with van der Waals surface area (Å²) in [6.07, 6.45) is 0.721. The van der Waals surface area contributed by atoms with Gasteiger partial charge in [0.25, 0.3) is 5.91 Å². The Morgan fingerprint density at radius 3 is 2.43 bits per heavy atom. The molecule has 4 heteroatoms. The minimum absolute atomic E-state index is 0.0254. The van der Waals surface area contributed by atoms with Gasteiger partial charge in [0, 0.05) is 6.54 Å². The van der Waals surface area contributed by atoms with Gasteiger partial charge in [0.15, 0.2) is 6.61 Å². The average Bonchev–Trinajstić information content (AvgIpc) is 2.55. The van der Waals surface area contributed by atoms with Gasteiger partial charge < -0.3 is 14.8 Å². The Morgan fingerprint density at radius 1 is 1.04 bits per heavy atom. The normalized spacial score (nSPS) is 10.2. The van der Waals surface area contributed by atoms with Crippen LogP contribution >= 0.6 is 0 Å². The zero-order valence-electron chi connectivity index (χ0n) is 13.9. The van der Waals surface area contributed by atoms with Gasteiger partial charge in [0.05, 0.1) is 7.11 Å². The number of carbonyl (C=O) groups excluding carboxylic acids is 1. The molecule has 4 nitrogen and oxygen atoms in total. The number of methoxy groups -OCH3 is 1. The van der Waals surface area contributed by atoms with Crippen LogP contribution in [-0.4, -0.2) is 26.2 Å². The summed E-state index contributed by atoms with van der Waals surface area (Å²) in [6, 6.07) is 13.7. The highest BCUT2D eigenvalue weighted by Gasteiger charge is 2.07. The quantitative estimate of drug-likeness (QED) is 0.854. The van der Waals surface area contributed by atoms with Gasteiger partial charge in [-0.25, -0.2) is 0 Å². The summed E-state index contributed by atoms with van der Waals surface area (Å²) in [5.74, 6) is 1.50. The first-order valence-corrected chi connectivity index (χ1v) is 7.69. The van der Waals surface area contributed by atoms with Gasteiger partial charge in [-0.05, 0) is 43.0 Å². The molecule has 0 aliphatic heterocycles. The highest BCUT2D eigenvalue weighted by molar-refractivity contribution is 5.77. The first kappa shape index (κ1) is 16.9. The minimum Gasteiger partial charge on any atom is -0.496 e. The number of rotatable bonds is 7. The summed E-state index contributed by atoms with van der Waals surface area (Å²) >= 11 is 0. The number of carbonyl (C=O) groups is 1. The number of aryl methyl sites for hydroxylation is 2. The Balaban J connectivity index is 1.79. The molecule has 122 valence electrons. The summed E-state index contributed by atoms with van der Waals surface area (Å²) in [6.45, 7) is 4.52. The van der Waals surface area contributed by atoms with Gasteiger partial charge in [-0.1, -0.05) is 36.4 Å². The van der Waals surface area contributed by atoms with Gasteiger partial charge in [-0.3, -0.25) is 4.79 Å². The molecule has 0 aliphatic rings. The Bertz CT molecular complexity index is 647. The van der Waals surface area contributed by atoms with Crippen molar-refractivity contribution in [3.8, 4) is 11.5 Å². The molecule has 0 saturated carbocycles. The van der Waals surface area contributed by atoms with E-state index in [4.69, 9.17) is 9.47 Å². The Morgan fingerprint density at radius 2 is 1.74 bits per heavy atom. The van der Waals surface area contributed by atoms with E-state index in [0.29, 0.717) is 6.54 Å². The molecule has 0 fully saturated rings. The van der Waals surface area contributed by atoms with Crippen molar-refractivity contribution < 1.29 is 14.3 Å². The maximum absolute atomic E-state index is 11.9. The summed E-state index contributed by atoms with van der Waals surface area (Å²) < 4.78 is 10.9. The molecule has 0 radical (unpaired) electrons. The highest BCUT2D eigenvalue weighted by Crippen LogP contribution is 2.22. The molecule has 0 aliphatic carbocycles. The Hall–Kier alpha value is -2.49. The molecule has 2 aromatic carbocycles. The number of hydrogen-bond acceptors (Lipinski definition) is 3. The maximum atomic E-state index is 11.9. The second-order valence-electron chi connectivity index (χ2n) is 5.42. The molecular formula is C19H23NO3. The molecule has 23 heavy (non-hydrogen) atoms. The third-order valence-corrected chi connectivity index (χ3v) is 3.67. The third kappa shape index (κ3) is 4.74. The monoisotopic (exact) mass is 313 g/mol. The smallest absolute Gasteiger partial charge is 0.257 e. The highest BCUT2D eigenvalue weighted by atomic mass is 16.5. The van der Waals surface area contributed by atoms with E-state index in [1.807, 2.05) is 56.3 Å². The number of para-hydroxylation sites is 2. The fourth-order valence-electron chi connectivity index (χ4n) is 2.46. The van der Waals surface area contributed by atoms with Crippen molar-refractivity contribution in [2.24, 2.45) is 0 Å². The number of hydrogen-bond donors (Lipinski definition) is 1. The van der Waals surface area contributed by atoms with Crippen molar-refractivity contribution in [1.82, 2.24) is 5.32 Å². The van der Waals surface area contributed by atoms with E-state index in [-0.39, 0.29) is 12.5 Å². The van der Waals surface area contributed by atoms with Crippen LogP contribution in [0.4, 0.5) is 0 Å². The van der Waals surface area contributed by atoms with Crippen molar-refractivity contribution in [1.29, 1.82) is 0 Å². The average molecular weight is 313 g/mol. The summed E-state index contributed by atoms with van der Waals surface area (Å²) in [5.41, 5.74) is 3.14. The predicted octanol–water partition coefficient (Wildman–Crippen LogP) is 3.05. The lowest BCUT2D eigenvalue weighted by Gasteiger charge is -2.12. The number of benzene rings is 2. The van der Waals surface area contributed by atoms with Gasteiger partial charge in [-0.2, -0.15) is 0 Å². The van der Waals surface area contributed by atoms with E-state index in [0.717, 1.165) is 34.6 Å². The molecule has 2 aromatic rings. The van der Waals surface area contributed by atoms with Gasteiger partial charge >= 0.3 is 0 Å². The van der Waals surface area contributed by atoms with Crippen LogP contribution in [0.5, 0.6) is 11.5 Å². The topological polar surface area (TPSA) is 47.6 Å². The second kappa shape index (κ2) is 8.22. The minimum atomic E-state index is -0.123. The van der Waals surface area contributed by atoms with Gasteiger partial charge in [0.1, 0.15) is 11.5 Å². The van der Waals surface area contributed by atoms with E-state index in [1.165, 1.54) is 0 Å². The molecule has 0 bridgehead atoms. The van der Waals surface area contributed by atoms with Crippen molar-refractivity contribution in [2.45, 2.75) is 20.3 Å².